The number of amides is 4. The first-order valence-electron chi connectivity index (χ1n) is 8.44. The molecule has 0 aliphatic carbocycles. The molecule has 1 atom stereocenters. The quantitative estimate of drug-likeness (QED) is 0.671. The molecule has 4 amide bonds. The number of hydrazone groups is 1. The van der Waals surface area contributed by atoms with Crippen molar-refractivity contribution in [1.29, 1.82) is 0 Å². The molecule has 1 fully saturated rings. The molecule has 28 heavy (non-hydrogen) atoms. The molecular weight excluding hydrogens is 369 g/mol. The molecule has 1 unspecified atom stereocenters. The van der Waals surface area contributed by atoms with Crippen LogP contribution in [0, 0.1) is 5.82 Å². The highest BCUT2D eigenvalue weighted by atomic mass is 19.1. The number of rotatable bonds is 3. The summed E-state index contributed by atoms with van der Waals surface area (Å²) in [5.74, 6) is -0.950. The topological polar surface area (TPSA) is 115 Å². The van der Waals surface area contributed by atoms with Crippen molar-refractivity contribution < 1.29 is 23.3 Å². The molecule has 3 aliphatic heterocycles. The number of primary amides is 1. The minimum atomic E-state index is -0.830. The number of hydrogen-bond donors (Lipinski definition) is 1. The molecule has 1 saturated heterocycles. The van der Waals surface area contributed by atoms with Crippen LogP contribution in [0.4, 0.5) is 9.18 Å². The third-order valence-electron chi connectivity index (χ3n) is 4.79. The average molecular weight is 386 g/mol. The zero-order valence-electron chi connectivity index (χ0n) is 15.2. The summed E-state index contributed by atoms with van der Waals surface area (Å²) in [6.07, 6.45) is 0. The van der Waals surface area contributed by atoms with Crippen LogP contribution in [0.15, 0.2) is 34.4 Å². The number of hydrogen-bond acceptors (Lipinski definition) is 6. The van der Waals surface area contributed by atoms with Crippen molar-refractivity contribution in [3.05, 3.63) is 35.6 Å². The van der Waals surface area contributed by atoms with Gasteiger partial charge in [0.05, 0.1) is 0 Å². The fraction of sp³-hybridized carbons (Fsp3) is 0.294. The van der Waals surface area contributed by atoms with Gasteiger partial charge in [-0.25, -0.2) is 13.8 Å². The zero-order valence-corrected chi connectivity index (χ0v) is 15.2. The highest BCUT2D eigenvalue weighted by Gasteiger charge is 2.54. The molecule has 144 valence electrons. The predicted octanol–water partition coefficient (Wildman–Crippen LogP) is -0.996. The van der Waals surface area contributed by atoms with Crippen molar-refractivity contribution in [2.75, 3.05) is 27.2 Å². The maximum absolute atomic E-state index is 13.3. The van der Waals surface area contributed by atoms with E-state index in [0.717, 1.165) is 4.90 Å². The fourth-order valence-corrected chi connectivity index (χ4v) is 3.38. The lowest BCUT2D eigenvalue weighted by Gasteiger charge is -2.32. The van der Waals surface area contributed by atoms with Crippen molar-refractivity contribution >= 4 is 35.4 Å². The Morgan fingerprint density at radius 1 is 1.25 bits per heavy atom. The third-order valence-corrected chi connectivity index (χ3v) is 4.79. The van der Waals surface area contributed by atoms with Gasteiger partial charge < -0.3 is 5.73 Å². The van der Waals surface area contributed by atoms with Crippen molar-refractivity contribution in [2.45, 2.75) is 6.04 Å². The Morgan fingerprint density at radius 3 is 2.57 bits per heavy atom. The van der Waals surface area contributed by atoms with Gasteiger partial charge in [0.15, 0.2) is 6.54 Å². The van der Waals surface area contributed by atoms with E-state index >= 15 is 0 Å². The van der Waals surface area contributed by atoms with E-state index in [1.165, 1.54) is 36.1 Å². The Hall–Kier alpha value is -3.63. The summed E-state index contributed by atoms with van der Waals surface area (Å²) in [7, 11) is 2.92. The molecule has 11 heteroatoms. The lowest BCUT2D eigenvalue weighted by atomic mass is 10.1. The molecule has 3 aliphatic rings. The van der Waals surface area contributed by atoms with Crippen LogP contribution < -0.4 is 5.73 Å². The Labute approximate surface area is 159 Å². The minimum absolute atomic E-state index is 0.190. The fourth-order valence-electron chi connectivity index (χ4n) is 3.38. The SMILES string of the molecule is CN1C(=O)C2C(=NC3=[N+]2CC(c2ccc(F)cc2)=NN3CC(N)=O)N(C)C1=O. The second-order valence-corrected chi connectivity index (χ2v) is 6.62. The van der Waals surface area contributed by atoms with Gasteiger partial charge >= 0.3 is 12.0 Å². The molecule has 0 radical (unpaired) electrons. The van der Waals surface area contributed by atoms with Crippen LogP contribution in [0.5, 0.6) is 0 Å². The summed E-state index contributed by atoms with van der Waals surface area (Å²) in [5.41, 5.74) is 6.48. The number of benzene rings is 1. The molecule has 3 heterocycles. The van der Waals surface area contributed by atoms with Crippen LogP contribution in [0.1, 0.15) is 5.56 Å². The second-order valence-electron chi connectivity index (χ2n) is 6.62. The first-order chi connectivity index (χ1) is 13.3. The number of nitrogens with two attached hydrogens (primary N) is 1. The van der Waals surface area contributed by atoms with E-state index in [4.69, 9.17) is 5.73 Å². The summed E-state index contributed by atoms with van der Waals surface area (Å²) in [6.45, 7) is -0.0722. The minimum Gasteiger partial charge on any atom is -0.367 e. The molecule has 2 N–H and O–H groups in total. The highest BCUT2D eigenvalue weighted by molar-refractivity contribution is 6.23. The van der Waals surface area contributed by atoms with Crippen molar-refractivity contribution in [3.63, 3.8) is 0 Å². The standard InChI is InChI=1S/C17H16FN7O3/c1-22-14-13(15(27)23(2)17(22)28)24-7-11(9-3-5-10(18)6-4-9)21-25(8-12(19)26)16(24)20-14/h3-6,13H,7-8H2,1-2H3,(H-,19,26)/p+1. The maximum atomic E-state index is 13.3. The summed E-state index contributed by atoms with van der Waals surface area (Å²) in [6, 6.07) is 4.39. The lowest BCUT2D eigenvalue weighted by molar-refractivity contribution is -0.527. The number of nitrogens with zero attached hydrogens (tertiary/aromatic N) is 6. The van der Waals surface area contributed by atoms with Gasteiger partial charge in [-0.05, 0) is 12.1 Å². The largest absolute Gasteiger partial charge is 0.417 e. The molecule has 0 aromatic heterocycles. The van der Waals surface area contributed by atoms with Gasteiger partial charge in [0.1, 0.15) is 18.1 Å². The first kappa shape index (κ1) is 17.8. The van der Waals surface area contributed by atoms with Gasteiger partial charge in [0, 0.05) is 19.7 Å². The molecule has 1 aromatic rings. The van der Waals surface area contributed by atoms with Crippen LogP contribution in [-0.2, 0) is 9.59 Å². The van der Waals surface area contributed by atoms with Crippen molar-refractivity contribution in [3.8, 4) is 0 Å². The number of carbonyl (C=O) groups excluding carboxylic acids is 3. The molecular formula is C17H17FN7O3+. The molecule has 0 spiro atoms. The van der Waals surface area contributed by atoms with Gasteiger partial charge in [-0.15, -0.1) is 10.1 Å². The van der Waals surface area contributed by atoms with E-state index in [9.17, 15) is 18.8 Å². The number of guanidine groups is 1. The van der Waals surface area contributed by atoms with Crippen molar-refractivity contribution in [2.24, 2.45) is 15.8 Å². The summed E-state index contributed by atoms with van der Waals surface area (Å²) in [4.78, 5) is 43.2. The number of aliphatic imine (C=N–C) groups is 1. The summed E-state index contributed by atoms with van der Waals surface area (Å²) < 4.78 is 14.9. The number of amidine groups is 1. The van der Waals surface area contributed by atoms with Gasteiger partial charge in [-0.1, -0.05) is 17.1 Å². The number of urea groups is 1. The predicted molar refractivity (Wildman–Crippen MR) is 96.1 cm³/mol. The van der Waals surface area contributed by atoms with Crippen LogP contribution in [0.25, 0.3) is 0 Å². The smallest absolute Gasteiger partial charge is 0.367 e. The number of likely N-dealkylation sites (N-methyl/N-ethyl adjacent to an activating group) is 2. The van der Waals surface area contributed by atoms with Crippen molar-refractivity contribution in [1.82, 2.24) is 14.8 Å². The molecule has 0 bridgehead atoms. The number of halogens is 1. The van der Waals surface area contributed by atoms with Crippen LogP contribution in [0.3, 0.4) is 0 Å². The van der Waals surface area contributed by atoms with E-state index < -0.39 is 29.7 Å². The number of carbonyl (C=O) groups is 3. The Bertz CT molecular complexity index is 999. The highest BCUT2D eigenvalue weighted by Crippen LogP contribution is 2.23. The van der Waals surface area contributed by atoms with E-state index in [1.54, 1.807) is 16.7 Å². The Morgan fingerprint density at radius 2 is 1.93 bits per heavy atom. The number of fused-ring (bicyclic) bond motifs is 2. The first-order valence-corrected chi connectivity index (χ1v) is 8.44. The monoisotopic (exact) mass is 386 g/mol. The van der Waals surface area contributed by atoms with Crippen LogP contribution in [0.2, 0.25) is 0 Å². The molecule has 10 nitrogen and oxygen atoms in total. The van der Waals surface area contributed by atoms with E-state index in [-0.39, 0.29) is 24.9 Å². The molecule has 1 aromatic carbocycles. The van der Waals surface area contributed by atoms with Gasteiger partial charge in [-0.3, -0.25) is 19.4 Å². The Balaban J connectivity index is 1.77. The second kappa shape index (κ2) is 6.22. The van der Waals surface area contributed by atoms with Gasteiger partial charge in [-0.2, -0.15) is 0 Å². The van der Waals surface area contributed by atoms with E-state index in [2.05, 4.69) is 10.1 Å². The Kier molecular flexibility index (Phi) is 3.95. The van der Waals surface area contributed by atoms with E-state index in [0.29, 0.717) is 11.3 Å². The molecule has 0 saturated carbocycles. The number of imide groups is 1. The van der Waals surface area contributed by atoms with Gasteiger partial charge in [0.2, 0.25) is 11.9 Å². The van der Waals surface area contributed by atoms with Gasteiger partial charge in [0.25, 0.3) is 11.8 Å². The van der Waals surface area contributed by atoms with Crippen LogP contribution in [-0.4, -0.2) is 88.0 Å². The summed E-state index contributed by atoms with van der Waals surface area (Å²) >= 11 is 0. The van der Waals surface area contributed by atoms with E-state index in [1.807, 2.05) is 0 Å². The normalized spacial score (nSPS) is 21.5. The maximum Gasteiger partial charge on any atom is 0.417 e. The molecule has 4 rings (SSSR count). The lowest BCUT2D eigenvalue weighted by Crippen LogP contribution is -2.62. The zero-order chi connectivity index (χ0) is 20.2. The third kappa shape index (κ3) is 2.63. The average Bonchev–Trinajstić information content (AvgIpc) is 3.05. The summed E-state index contributed by atoms with van der Waals surface area (Å²) in [5, 5.41) is 5.72. The van der Waals surface area contributed by atoms with Crippen LogP contribution >= 0.6 is 0 Å².